The molecule has 0 spiro atoms. The van der Waals surface area contributed by atoms with E-state index in [0.717, 1.165) is 41.2 Å². The van der Waals surface area contributed by atoms with Crippen LogP contribution in [0.4, 0.5) is 5.69 Å². The molecule has 1 aliphatic rings. The minimum atomic E-state index is -0.785. The molecule has 0 saturated heterocycles. The Kier molecular flexibility index (Phi) is 6.41. The lowest BCUT2D eigenvalue weighted by Gasteiger charge is -2.17. The van der Waals surface area contributed by atoms with Gasteiger partial charge in [0.25, 0.3) is 5.91 Å². The van der Waals surface area contributed by atoms with Gasteiger partial charge in [0, 0.05) is 30.2 Å². The SMILES string of the molecule is Cc1cc(C=C(C#N)C(=O)OCC(=O)N2CCc3ccccc32)c(C)n1CC(C)C. The summed E-state index contributed by atoms with van der Waals surface area (Å²) in [5.74, 6) is -0.596. The molecule has 0 unspecified atom stereocenters. The molecule has 0 bridgehead atoms. The van der Waals surface area contributed by atoms with Crippen LogP contribution < -0.4 is 4.90 Å². The number of nitriles is 1. The van der Waals surface area contributed by atoms with Gasteiger partial charge in [0.2, 0.25) is 0 Å². The van der Waals surface area contributed by atoms with Gasteiger partial charge in [-0.2, -0.15) is 5.26 Å². The van der Waals surface area contributed by atoms with E-state index >= 15 is 0 Å². The number of carbonyl (C=O) groups excluding carboxylic acids is 2. The Hall–Kier alpha value is -3.33. The minimum absolute atomic E-state index is 0.116. The number of ether oxygens (including phenoxy) is 1. The summed E-state index contributed by atoms with van der Waals surface area (Å²) in [4.78, 5) is 26.6. The smallest absolute Gasteiger partial charge is 0.349 e. The van der Waals surface area contributed by atoms with Gasteiger partial charge < -0.3 is 14.2 Å². The summed E-state index contributed by atoms with van der Waals surface area (Å²) >= 11 is 0. The molecule has 3 rings (SSSR count). The second-order valence-corrected chi connectivity index (χ2v) is 8.00. The molecular weight excluding hydrogens is 378 g/mol. The van der Waals surface area contributed by atoms with Crippen LogP contribution in [0, 0.1) is 31.1 Å². The molecule has 6 heteroatoms. The van der Waals surface area contributed by atoms with Gasteiger partial charge in [0.05, 0.1) is 0 Å². The normalized spacial score (nSPS) is 13.3. The highest BCUT2D eigenvalue weighted by Crippen LogP contribution is 2.27. The zero-order chi connectivity index (χ0) is 21.8. The molecule has 0 fully saturated rings. The van der Waals surface area contributed by atoms with Crippen molar-refractivity contribution in [3.8, 4) is 6.07 Å². The molecule has 156 valence electrons. The Balaban J connectivity index is 1.69. The molecule has 0 saturated carbocycles. The summed E-state index contributed by atoms with van der Waals surface area (Å²) < 4.78 is 7.34. The fourth-order valence-electron chi connectivity index (χ4n) is 3.79. The number of aromatic nitrogens is 1. The lowest BCUT2D eigenvalue weighted by atomic mass is 10.1. The van der Waals surface area contributed by atoms with Crippen LogP contribution in [0.5, 0.6) is 0 Å². The van der Waals surface area contributed by atoms with E-state index in [-0.39, 0.29) is 11.5 Å². The number of para-hydroxylation sites is 1. The molecule has 6 nitrogen and oxygen atoms in total. The van der Waals surface area contributed by atoms with Crippen molar-refractivity contribution in [2.45, 2.75) is 40.7 Å². The van der Waals surface area contributed by atoms with Crippen molar-refractivity contribution in [2.24, 2.45) is 5.92 Å². The number of fused-ring (bicyclic) bond motifs is 1. The average Bonchev–Trinajstić information content (AvgIpc) is 3.26. The van der Waals surface area contributed by atoms with Crippen LogP contribution in [0.25, 0.3) is 6.08 Å². The average molecular weight is 405 g/mol. The van der Waals surface area contributed by atoms with E-state index in [1.54, 1.807) is 4.90 Å². The highest BCUT2D eigenvalue weighted by Gasteiger charge is 2.25. The summed E-state index contributed by atoms with van der Waals surface area (Å²) in [6, 6.07) is 11.6. The summed E-state index contributed by atoms with van der Waals surface area (Å²) in [6.45, 7) is 9.30. The van der Waals surface area contributed by atoms with Crippen LogP contribution in [0.2, 0.25) is 0 Å². The maximum atomic E-state index is 12.5. The topological polar surface area (TPSA) is 75.3 Å². The first-order valence-electron chi connectivity index (χ1n) is 10.2. The quantitative estimate of drug-likeness (QED) is 0.416. The predicted molar refractivity (Wildman–Crippen MR) is 116 cm³/mol. The molecule has 2 aromatic rings. The molecule has 1 aromatic heterocycles. The van der Waals surface area contributed by atoms with E-state index in [2.05, 4.69) is 18.4 Å². The number of amides is 1. The van der Waals surface area contributed by atoms with E-state index < -0.39 is 12.6 Å². The summed E-state index contributed by atoms with van der Waals surface area (Å²) in [5.41, 5.74) is 4.71. The first kappa shape index (κ1) is 21.4. The van der Waals surface area contributed by atoms with Gasteiger partial charge in [-0.1, -0.05) is 32.0 Å². The second-order valence-electron chi connectivity index (χ2n) is 8.00. The molecular formula is C24H27N3O3. The number of anilines is 1. The first-order chi connectivity index (χ1) is 14.3. The fraction of sp³-hybridized carbons (Fsp3) is 0.375. The van der Waals surface area contributed by atoms with Crippen LogP contribution >= 0.6 is 0 Å². The van der Waals surface area contributed by atoms with Gasteiger partial charge in [-0.05, 0) is 55.5 Å². The number of carbonyl (C=O) groups is 2. The Morgan fingerprint density at radius 3 is 2.70 bits per heavy atom. The summed E-state index contributed by atoms with van der Waals surface area (Å²) in [5, 5.41) is 9.46. The molecule has 0 N–H and O–H groups in total. The first-order valence-corrected chi connectivity index (χ1v) is 10.2. The minimum Gasteiger partial charge on any atom is -0.451 e. The van der Waals surface area contributed by atoms with Crippen molar-refractivity contribution in [1.82, 2.24) is 4.57 Å². The van der Waals surface area contributed by atoms with E-state index in [1.165, 1.54) is 6.08 Å². The number of nitrogens with zero attached hydrogens (tertiary/aromatic N) is 3. The van der Waals surface area contributed by atoms with Gasteiger partial charge in [0.1, 0.15) is 11.6 Å². The Morgan fingerprint density at radius 2 is 2.00 bits per heavy atom. The van der Waals surface area contributed by atoms with Gasteiger partial charge in [-0.3, -0.25) is 4.79 Å². The largest absolute Gasteiger partial charge is 0.451 e. The predicted octanol–water partition coefficient (Wildman–Crippen LogP) is 3.80. The lowest BCUT2D eigenvalue weighted by Crippen LogP contribution is -2.33. The molecule has 30 heavy (non-hydrogen) atoms. The third-order valence-corrected chi connectivity index (χ3v) is 5.32. The Bertz CT molecular complexity index is 1040. The molecule has 0 aliphatic carbocycles. The number of aryl methyl sites for hydroxylation is 1. The van der Waals surface area contributed by atoms with Crippen molar-refractivity contribution >= 4 is 23.6 Å². The Labute approximate surface area is 177 Å². The maximum Gasteiger partial charge on any atom is 0.349 e. The second kappa shape index (κ2) is 9.00. The third-order valence-electron chi connectivity index (χ3n) is 5.32. The molecule has 1 aliphatic heterocycles. The zero-order valence-corrected chi connectivity index (χ0v) is 17.9. The number of hydrogen-bond acceptors (Lipinski definition) is 4. The van der Waals surface area contributed by atoms with Crippen LogP contribution in [-0.4, -0.2) is 29.6 Å². The summed E-state index contributed by atoms with van der Waals surface area (Å²) in [7, 11) is 0. The monoisotopic (exact) mass is 405 g/mol. The van der Waals surface area contributed by atoms with E-state index in [1.807, 2.05) is 50.2 Å². The Morgan fingerprint density at radius 1 is 1.27 bits per heavy atom. The van der Waals surface area contributed by atoms with E-state index in [9.17, 15) is 14.9 Å². The molecule has 1 aromatic carbocycles. The third kappa shape index (κ3) is 4.46. The highest BCUT2D eigenvalue weighted by atomic mass is 16.5. The molecule has 0 atom stereocenters. The van der Waals surface area contributed by atoms with Gasteiger partial charge in [-0.25, -0.2) is 4.79 Å². The van der Waals surface area contributed by atoms with Crippen LogP contribution in [-0.2, 0) is 27.3 Å². The number of benzene rings is 1. The van der Waals surface area contributed by atoms with Crippen molar-refractivity contribution < 1.29 is 14.3 Å². The molecule has 0 radical (unpaired) electrons. The van der Waals surface area contributed by atoms with Gasteiger partial charge >= 0.3 is 5.97 Å². The van der Waals surface area contributed by atoms with Crippen molar-refractivity contribution in [3.05, 3.63) is 58.4 Å². The molecule has 1 amide bonds. The summed E-state index contributed by atoms with van der Waals surface area (Å²) in [6.07, 6.45) is 2.32. The van der Waals surface area contributed by atoms with Gasteiger partial charge in [0.15, 0.2) is 6.61 Å². The fourth-order valence-corrected chi connectivity index (χ4v) is 3.79. The van der Waals surface area contributed by atoms with Crippen LogP contribution in [0.15, 0.2) is 35.9 Å². The van der Waals surface area contributed by atoms with Crippen molar-refractivity contribution in [2.75, 3.05) is 18.1 Å². The van der Waals surface area contributed by atoms with Crippen LogP contribution in [0.1, 0.15) is 36.4 Å². The lowest BCUT2D eigenvalue weighted by molar-refractivity contribution is -0.143. The van der Waals surface area contributed by atoms with Gasteiger partial charge in [-0.15, -0.1) is 0 Å². The number of esters is 1. The highest BCUT2D eigenvalue weighted by molar-refractivity contribution is 6.01. The molecule has 2 heterocycles. The maximum absolute atomic E-state index is 12.5. The van der Waals surface area contributed by atoms with E-state index in [4.69, 9.17) is 4.74 Å². The zero-order valence-electron chi connectivity index (χ0n) is 17.9. The number of hydrogen-bond donors (Lipinski definition) is 0. The van der Waals surface area contributed by atoms with Crippen molar-refractivity contribution in [3.63, 3.8) is 0 Å². The standard InChI is InChI=1S/C24H27N3O3/c1-16(2)14-27-17(3)11-20(18(27)4)12-21(13-25)24(29)30-15-23(28)26-10-9-19-7-5-6-8-22(19)26/h5-8,11-12,16H,9-10,14-15H2,1-4H3. The van der Waals surface area contributed by atoms with Crippen LogP contribution in [0.3, 0.4) is 0 Å². The van der Waals surface area contributed by atoms with Crippen molar-refractivity contribution in [1.29, 1.82) is 5.26 Å². The number of rotatable bonds is 6. The van der Waals surface area contributed by atoms with E-state index in [0.29, 0.717) is 12.5 Å².